The first-order valence-corrected chi connectivity index (χ1v) is 10.0. The van der Waals surface area contributed by atoms with Gasteiger partial charge in [0.25, 0.3) is 0 Å². The lowest BCUT2D eigenvalue weighted by molar-refractivity contribution is -0.137. The maximum absolute atomic E-state index is 12.9. The van der Waals surface area contributed by atoms with Gasteiger partial charge in [0.1, 0.15) is 11.5 Å². The Labute approximate surface area is 173 Å². The number of likely N-dealkylation sites (tertiary alicyclic amines) is 1. The number of anilines is 1. The number of aromatic nitrogens is 1. The molecule has 2 aromatic heterocycles. The molecule has 4 rings (SSSR count). The summed E-state index contributed by atoms with van der Waals surface area (Å²) in [5.74, 6) is 1.23. The third-order valence-electron chi connectivity index (χ3n) is 5.44. The summed E-state index contributed by atoms with van der Waals surface area (Å²) in [6.45, 7) is 5.08. The van der Waals surface area contributed by atoms with E-state index in [9.17, 15) is 14.4 Å². The highest BCUT2D eigenvalue weighted by Crippen LogP contribution is 2.23. The highest BCUT2D eigenvalue weighted by Gasteiger charge is 2.37. The Morgan fingerprint density at radius 3 is 2.73 bits per heavy atom. The van der Waals surface area contributed by atoms with Crippen LogP contribution in [-0.4, -0.2) is 76.8 Å². The Balaban J connectivity index is 1.22. The van der Waals surface area contributed by atoms with Crippen LogP contribution in [0.15, 0.2) is 33.4 Å². The van der Waals surface area contributed by atoms with Gasteiger partial charge in [0.05, 0.1) is 25.3 Å². The van der Waals surface area contributed by atoms with Crippen LogP contribution in [-0.2, 0) is 20.9 Å². The topological polar surface area (TPSA) is 112 Å². The van der Waals surface area contributed by atoms with Crippen LogP contribution in [0.5, 0.6) is 0 Å². The lowest BCUT2D eigenvalue weighted by Gasteiger charge is -2.35. The predicted octanol–water partition coefficient (Wildman–Crippen LogP) is 0.707. The van der Waals surface area contributed by atoms with Crippen molar-refractivity contribution in [1.82, 2.24) is 19.9 Å². The molecule has 2 aliphatic rings. The van der Waals surface area contributed by atoms with Gasteiger partial charge >= 0.3 is 0 Å². The van der Waals surface area contributed by atoms with E-state index in [1.165, 1.54) is 0 Å². The summed E-state index contributed by atoms with van der Waals surface area (Å²) < 4.78 is 10.2. The summed E-state index contributed by atoms with van der Waals surface area (Å²) in [6, 6.07) is 5.26. The van der Waals surface area contributed by atoms with Gasteiger partial charge in [-0.1, -0.05) is 5.16 Å². The van der Waals surface area contributed by atoms with Crippen molar-refractivity contribution in [3.05, 3.63) is 36.0 Å². The van der Waals surface area contributed by atoms with Gasteiger partial charge in [-0.25, -0.2) is 0 Å². The van der Waals surface area contributed by atoms with E-state index in [2.05, 4.69) is 10.5 Å². The minimum absolute atomic E-state index is 0.00692. The number of furan rings is 1. The number of carbonyl (C=O) groups is 3. The Kier molecular flexibility index (Phi) is 5.84. The third-order valence-corrected chi connectivity index (χ3v) is 5.44. The van der Waals surface area contributed by atoms with Gasteiger partial charge in [0.2, 0.25) is 17.7 Å². The quantitative estimate of drug-likeness (QED) is 0.739. The van der Waals surface area contributed by atoms with Gasteiger partial charge in [-0.05, 0) is 19.1 Å². The molecule has 0 radical (unpaired) electrons. The van der Waals surface area contributed by atoms with Crippen LogP contribution >= 0.6 is 0 Å². The number of piperazine rings is 1. The van der Waals surface area contributed by atoms with Crippen LogP contribution < -0.4 is 5.32 Å². The lowest BCUT2D eigenvalue weighted by Crippen LogP contribution is -2.52. The van der Waals surface area contributed by atoms with E-state index in [4.69, 9.17) is 8.94 Å². The fraction of sp³-hybridized carbons (Fsp3) is 0.500. The van der Waals surface area contributed by atoms with Crippen LogP contribution in [0.3, 0.4) is 0 Å². The molecule has 30 heavy (non-hydrogen) atoms. The molecule has 2 saturated heterocycles. The smallest absolute Gasteiger partial charge is 0.239 e. The van der Waals surface area contributed by atoms with Crippen LogP contribution in [0.25, 0.3) is 0 Å². The molecule has 0 aromatic carbocycles. The first-order chi connectivity index (χ1) is 14.5. The Morgan fingerprint density at radius 2 is 2.07 bits per heavy atom. The van der Waals surface area contributed by atoms with Crippen LogP contribution in [0.2, 0.25) is 0 Å². The molecule has 0 unspecified atom stereocenters. The number of amides is 3. The average Bonchev–Trinajstić information content (AvgIpc) is 3.45. The predicted molar refractivity (Wildman–Crippen MR) is 105 cm³/mol. The number of nitrogens with zero attached hydrogens (tertiary/aromatic N) is 4. The maximum Gasteiger partial charge on any atom is 0.239 e. The van der Waals surface area contributed by atoms with E-state index in [1.54, 1.807) is 35.1 Å². The number of hydrogen-bond acceptors (Lipinski definition) is 7. The molecule has 3 amide bonds. The summed E-state index contributed by atoms with van der Waals surface area (Å²) >= 11 is 0. The second kappa shape index (κ2) is 8.70. The largest absolute Gasteiger partial charge is 0.467 e. The molecule has 10 nitrogen and oxygen atoms in total. The molecule has 1 N–H and O–H groups in total. The molecule has 10 heteroatoms. The number of hydrogen-bond donors (Lipinski definition) is 1. The SMILES string of the molecule is Cc1cc(NC(=O)CN2CCN(C(=O)[C@H]3CC(=O)N(Cc4ccco4)C3)CC2)no1. The molecule has 0 spiro atoms. The fourth-order valence-corrected chi connectivity index (χ4v) is 3.88. The van der Waals surface area contributed by atoms with Crippen LogP contribution in [0.1, 0.15) is 17.9 Å². The average molecular weight is 415 g/mol. The molecular weight excluding hydrogens is 390 g/mol. The van der Waals surface area contributed by atoms with Crippen LogP contribution in [0.4, 0.5) is 5.82 Å². The number of nitrogens with one attached hydrogen (secondary N) is 1. The second-order valence-electron chi connectivity index (χ2n) is 7.73. The van der Waals surface area contributed by atoms with Gasteiger partial charge in [-0.15, -0.1) is 0 Å². The molecule has 0 saturated carbocycles. The van der Waals surface area contributed by atoms with Crippen molar-refractivity contribution in [1.29, 1.82) is 0 Å². The second-order valence-corrected chi connectivity index (χ2v) is 7.73. The molecule has 2 aliphatic heterocycles. The van der Waals surface area contributed by atoms with E-state index in [0.717, 1.165) is 0 Å². The van der Waals surface area contributed by atoms with Crippen LogP contribution in [0, 0.1) is 12.8 Å². The zero-order valence-electron chi connectivity index (χ0n) is 16.9. The van der Waals surface area contributed by atoms with Crippen molar-refractivity contribution >= 4 is 23.5 Å². The van der Waals surface area contributed by atoms with Crippen molar-refractivity contribution in [3.8, 4) is 0 Å². The normalized spacial score (nSPS) is 20.0. The Bertz CT molecular complexity index is 901. The third kappa shape index (κ3) is 4.70. The Hall–Kier alpha value is -3.14. The summed E-state index contributed by atoms with van der Waals surface area (Å²) in [5, 5.41) is 6.45. The summed E-state index contributed by atoms with van der Waals surface area (Å²) in [4.78, 5) is 42.8. The van der Waals surface area contributed by atoms with Crippen molar-refractivity contribution in [3.63, 3.8) is 0 Å². The zero-order chi connectivity index (χ0) is 21.1. The molecule has 160 valence electrons. The fourth-order valence-electron chi connectivity index (χ4n) is 3.88. The van der Waals surface area contributed by atoms with Gasteiger partial charge < -0.3 is 24.1 Å². The molecule has 2 fully saturated rings. The zero-order valence-corrected chi connectivity index (χ0v) is 16.9. The standard InChI is InChI=1S/C20H25N5O5/c1-14-9-17(22-30-14)21-18(26)13-23-4-6-24(7-5-23)20(28)15-10-19(27)25(11-15)12-16-3-2-8-29-16/h2-3,8-9,15H,4-7,10-13H2,1H3,(H,21,22,26)/t15-/m0/s1. The molecule has 4 heterocycles. The molecule has 0 aliphatic carbocycles. The van der Waals surface area contributed by atoms with Crippen molar-refractivity contribution in [2.75, 3.05) is 44.6 Å². The minimum Gasteiger partial charge on any atom is -0.467 e. The summed E-state index contributed by atoms with van der Waals surface area (Å²) in [6.07, 6.45) is 1.81. The minimum atomic E-state index is -0.322. The summed E-state index contributed by atoms with van der Waals surface area (Å²) in [7, 11) is 0. The molecule has 2 aromatic rings. The monoisotopic (exact) mass is 415 g/mol. The van der Waals surface area contributed by atoms with E-state index in [0.29, 0.717) is 56.6 Å². The number of aryl methyl sites for hydroxylation is 1. The number of rotatable bonds is 6. The van der Waals surface area contributed by atoms with Crippen molar-refractivity contribution in [2.24, 2.45) is 5.92 Å². The summed E-state index contributed by atoms with van der Waals surface area (Å²) in [5.41, 5.74) is 0. The van der Waals surface area contributed by atoms with E-state index in [1.807, 2.05) is 11.0 Å². The van der Waals surface area contributed by atoms with Gasteiger partial charge in [-0.3, -0.25) is 19.3 Å². The van der Waals surface area contributed by atoms with E-state index in [-0.39, 0.29) is 36.6 Å². The Morgan fingerprint density at radius 1 is 1.27 bits per heavy atom. The molecule has 1 atom stereocenters. The van der Waals surface area contributed by atoms with E-state index >= 15 is 0 Å². The first kappa shape index (κ1) is 20.1. The molecule has 0 bridgehead atoms. The lowest BCUT2D eigenvalue weighted by atomic mass is 10.1. The van der Waals surface area contributed by atoms with Crippen molar-refractivity contribution in [2.45, 2.75) is 19.9 Å². The van der Waals surface area contributed by atoms with E-state index < -0.39 is 0 Å². The molecular formula is C20H25N5O5. The first-order valence-electron chi connectivity index (χ1n) is 10.0. The van der Waals surface area contributed by atoms with Gasteiger partial charge in [0, 0.05) is 45.2 Å². The van der Waals surface area contributed by atoms with Gasteiger partial charge in [0.15, 0.2) is 5.82 Å². The highest BCUT2D eigenvalue weighted by atomic mass is 16.5. The maximum atomic E-state index is 12.9. The van der Waals surface area contributed by atoms with Crippen molar-refractivity contribution < 1.29 is 23.3 Å². The highest BCUT2D eigenvalue weighted by molar-refractivity contribution is 5.91. The number of carbonyl (C=O) groups excluding carboxylic acids is 3. The van der Waals surface area contributed by atoms with Gasteiger partial charge in [-0.2, -0.15) is 0 Å².